The molecule has 0 aliphatic carbocycles. The molecule has 0 amide bonds. The maximum atomic E-state index is 14.3. The molecule has 0 aliphatic heterocycles. The van der Waals surface area contributed by atoms with Crippen LogP contribution in [0.3, 0.4) is 0 Å². The molecule has 6 heteroatoms. The molecule has 0 saturated carbocycles. The largest absolute Gasteiger partial charge is 0.477 e. The van der Waals surface area contributed by atoms with Gasteiger partial charge in [0.2, 0.25) is 5.43 Å². The third kappa shape index (κ3) is 2.25. The fraction of sp³-hybridized carbons (Fsp3) is 0. The van der Waals surface area contributed by atoms with Crippen LogP contribution in [0.5, 0.6) is 0 Å². The number of aromatic amines is 1. The van der Waals surface area contributed by atoms with Crippen LogP contribution in [0.2, 0.25) is 5.02 Å². The first-order valence-corrected chi connectivity index (χ1v) is 6.70. The van der Waals surface area contributed by atoms with E-state index in [0.29, 0.717) is 16.1 Å². The Bertz CT molecular complexity index is 965. The minimum atomic E-state index is -1.36. The molecule has 0 saturated heterocycles. The van der Waals surface area contributed by atoms with Crippen LogP contribution >= 0.6 is 11.6 Å². The molecule has 22 heavy (non-hydrogen) atoms. The highest BCUT2D eigenvalue weighted by Gasteiger charge is 2.15. The molecule has 0 radical (unpaired) electrons. The summed E-state index contributed by atoms with van der Waals surface area (Å²) in [6, 6.07) is 9.22. The Kier molecular flexibility index (Phi) is 3.42. The van der Waals surface area contributed by atoms with E-state index in [1.165, 1.54) is 6.07 Å². The third-order valence-electron chi connectivity index (χ3n) is 3.36. The fourth-order valence-corrected chi connectivity index (χ4v) is 2.52. The van der Waals surface area contributed by atoms with Crippen molar-refractivity contribution in [2.75, 3.05) is 0 Å². The Labute approximate surface area is 128 Å². The van der Waals surface area contributed by atoms with Gasteiger partial charge in [0, 0.05) is 27.7 Å². The van der Waals surface area contributed by atoms with Crippen LogP contribution in [-0.4, -0.2) is 16.1 Å². The van der Waals surface area contributed by atoms with Crippen LogP contribution in [0.15, 0.2) is 47.4 Å². The van der Waals surface area contributed by atoms with Crippen molar-refractivity contribution in [3.8, 4) is 11.1 Å². The second-order valence-corrected chi connectivity index (χ2v) is 5.10. The summed E-state index contributed by atoms with van der Waals surface area (Å²) in [5.74, 6) is -2.01. The number of hydrogen-bond acceptors (Lipinski definition) is 2. The standard InChI is InChI=1S/C16H9ClFNO3/c17-12-4-2-1-3-8(12)9-6-14-10(5-13(9)18)15(20)11(7-19-14)16(21)22/h1-7H,(H,19,20)(H,21,22). The van der Waals surface area contributed by atoms with Gasteiger partial charge in [-0.05, 0) is 18.2 Å². The van der Waals surface area contributed by atoms with E-state index in [0.717, 1.165) is 12.3 Å². The zero-order chi connectivity index (χ0) is 15.9. The van der Waals surface area contributed by atoms with E-state index in [2.05, 4.69) is 4.98 Å². The number of carboxylic acids is 1. The molecule has 0 spiro atoms. The Hall–Kier alpha value is -2.66. The van der Waals surface area contributed by atoms with Gasteiger partial charge < -0.3 is 10.1 Å². The van der Waals surface area contributed by atoms with Crippen LogP contribution in [0.25, 0.3) is 22.0 Å². The van der Waals surface area contributed by atoms with Crippen molar-refractivity contribution in [2.45, 2.75) is 0 Å². The van der Waals surface area contributed by atoms with Gasteiger partial charge in [-0.1, -0.05) is 29.8 Å². The van der Waals surface area contributed by atoms with Crippen molar-refractivity contribution in [3.05, 3.63) is 69.2 Å². The van der Waals surface area contributed by atoms with E-state index in [1.54, 1.807) is 24.3 Å². The molecule has 0 bridgehead atoms. The molecule has 2 aromatic carbocycles. The van der Waals surface area contributed by atoms with E-state index in [1.807, 2.05) is 0 Å². The number of carbonyl (C=O) groups is 1. The molecule has 0 aliphatic rings. The minimum Gasteiger partial charge on any atom is -0.477 e. The van der Waals surface area contributed by atoms with Gasteiger partial charge in [0.05, 0.1) is 5.52 Å². The number of aromatic carboxylic acids is 1. The molecule has 4 nitrogen and oxygen atoms in total. The minimum absolute atomic E-state index is 0.0202. The normalized spacial score (nSPS) is 10.8. The number of pyridine rings is 1. The highest BCUT2D eigenvalue weighted by Crippen LogP contribution is 2.31. The molecule has 3 aromatic rings. The average Bonchev–Trinajstić information content (AvgIpc) is 2.48. The number of halogens is 2. The maximum absolute atomic E-state index is 14.3. The zero-order valence-electron chi connectivity index (χ0n) is 11.1. The van der Waals surface area contributed by atoms with E-state index >= 15 is 0 Å². The number of carboxylic acid groups (broad SMARTS) is 1. The van der Waals surface area contributed by atoms with Crippen molar-refractivity contribution in [1.29, 1.82) is 0 Å². The van der Waals surface area contributed by atoms with Crippen LogP contribution in [0.4, 0.5) is 4.39 Å². The lowest BCUT2D eigenvalue weighted by molar-refractivity contribution is 0.0695. The lowest BCUT2D eigenvalue weighted by atomic mass is 10.0. The first kappa shape index (κ1) is 14.3. The van der Waals surface area contributed by atoms with E-state index < -0.39 is 22.8 Å². The van der Waals surface area contributed by atoms with E-state index in [9.17, 15) is 14.0 Å². The van der Waals surface area contributed by atoms with E-state index in [4.69, 9.17) is 16.7 Å². The number of hydrogen-bond donors (Lipinski definition) is 2. The van der Waals surface area contributed by atoms with Gasteiger partial charge in [-0.15, -0.1) is 0 Å². The highest BCUT2D eigenvalue weighted by atomic mass is 35.5. The summed E-state index contributed by atoms with van der Waals surface area (Å²) in [7, 11) is 0. The number of aromatic nitrogens is 1. The second-order valence-electron chi connectivity index (χ2n) is 4.69. The Morgan fingerprint density at radius 1 is 1.18 bits per heavy atom. The Morgan fingerprint density at radius 3 is 2.59 bits per heavy atom. The lowest BCUT2D eigenvalue weighted by Gasteiger charge is -2.08. The summed E-state index contributed by atoms with van der Waals surface area (Å²) < 4.78 is 14.3. The van der Waals surface area contributed by atoms with Crippen LogP contribution in [0.1, 0.15) is 10.4 Å². The predicted octanol–water partition coefficient (Wildman–Crippen LogP) is 3.69. The van der Waals surface area contributed by atoms with Crippen molar-refractivity contribution >= 4 is 28.5 Å². The fourth-order valence-electron chi connectivity index (χ4n) is 2.29. The zero-order valence-corrected chi connectivity index (χ0v) is 11.8. The van der Waals surface area contributed by atoms with Crippen LogP contribution < -0.4 is 5.43 Å². The predicted molar refractivity (Wildman–Crippen MR) is 81.9 cm³/mol. The van der Waals surface area contributed by atoms with Crippen molar-refractivity contribution in [3.63, 3.8) is 0 Å². The first-order chi connectivity index (χ1) is 10.5. The molecular formula is C16H9ClFNO3. The average molecular weight is 318 g/mol. The van der Waals surface area contributed by atoms with Crippen molar-refractivity contribution < 1.29 is 14.3 Å². The van der Waals surface area contributed by atoms with Gasteiger partial charge in [-0.2, -0.15) is 0 Å². The van der Waals surface area contributed by atoms with Gasteiger partial charge in [0.15, 0.2) is 0 Å². The van der Waals surface area contributed by atoms with Gasteiger partial charge in [0.1, 0.15) is 11.4 Å². The summed E-state index contributed by atoms with van der Waals surface area (Å²) in [6.07, 6.45) is 1.10. The summed E-state index contributed by atoms with van der Waals surface area (Å²) in [6.45, 7) is 0. The number of benzene rings is 2. The van der Waals surface area contributed by atoms with Crippen LogP contribution in [0, 0.1) is 5.82 Å². The molecule has 0 fully saturated rings. The topological polar surface area (TPSA) is 70.2 Å². The summed E-state index contributed by atoms with van der Waals surface area (Å²) in [5, 5.41) is 9.29. The van der Waals surface area contributed by atoms with Crippen LogP contribution in [-0.2, 0) is 0 Å². The summed E-state index contributed by atoms with van der Waals surface area (Å²) in [4.78, 5) is 25.7. The third-order valence-corrected chi connectivity index (χ3v) is 3.69. The first-order valence-electron chi connectivity index (χ1n) is 6.32. The van der Waals surface area contributed by atoms with Gasteiger partial charge >= 0.3 is 5.97 Å². The summed E-state index contributed by atoms with van der Waals surface area (Å²) in [5.41, 5.74) is -0.0990. The Balaban J connectivity index is 2.31. The molecule has 2 N–H and O–H groups in total. The number of fused-ring (bicyclic) bond motifs is 1. The molecule has 3 rings (SSSR count). The molecule has 110 valence electrons. The molecule has 0 unspecified atom stereocenters. The Morgan fingerprint density at radius 2 is 1.91 bits per heavy atom. The van der Waals surface area contributed by atoms with Gasteiger partial charge in [-0.25, -0.2) is 9.18 Å². The quantitative estimate of drug-likeness (QED) is 0.757. The monoisotopic (exact) mass is 317 g/mol. The maximum Gasteiger partial charge on any atom is 0.341 e. The number of nitrogens with one attached hydrogen (secondary N) is 1. The smallest absolute Gasteiger partial charge is 0.341 e. The SMILES string of the molecule is O=C(O)c1c[nH]c2cc(-c3ccccc3Cl)c(F)cc2c1=O. The highest BCUT2D eigenvalue weighted by molar-refractivity contribution is 6.33. The van der Waals surface area contributed by atoms with Crippen molar-refractivity contribution in [2.24, 2.45) is 0 Å². The lowest BCUT2D eigenvalue weighted by Crippen LogP contribution is -2.15. The van der Waals surface area contributed by atoms with Crippen molar-refractivity contribution in [1.82, 2.24) is 4.98 Å². The molecular weight excluding hydrogens is 309 g/mol. The number of rotatable bonds is 2. The second kappa shape index (κ2) is 5.27. The summed E-state index contributed by atoms with van der Waals surface area (Å²) >= 11 is 6.06. The molecule has 0 atom stereocenters. The van der Waals surface area contributed by atoms with Gasteiger partial charge in [-0.3, -0.25) is 4.79 Å². The van der Waals surface area contributed by atoms with Gasteiger partial charge in [0.25, 0.3) is 0 Å². The number of H-pyrrole nitrogens is 1. The molecule has 1 heterocycles. The van der Waals surface area contributed by atoms with E-state index in [-0.39, 0.29) is 10.9 Å². The molecule has 1 aromatic heterocycles.